The highest BCUT2D eigenvalue weighted by atomic mass is 79.9. The molecule has 1 atom stereocenters. The Labute approximate surface area is 129 Å². The molecule has 20 heavy (non-hydrogen) atoms. The monoisotopic (exact) mass is 360 g/mol. The van der Waals surface area contributed by atoms with E-state index in [-0.39, 0.29) is 10.6 Å². The Bertz CT molecular complexity index is 622. The molecule has 3 N–H and O–H groups in total. The van der Waals surface area contributed by atoms with Gasteiger partial charge in [0.25, 0.3) is 0 Å². The molecule has 0 radical (unpaired) electrons. The largest absolute Gasteiger partial charge is 0.271 e. The van der Waals surface area contributed by atoms with Crippen LogP contribution < -0.4 is 11.3 Å². The van der Waals surface area contributed by atoms with Crippen molar-refractivity contribution in [2.75, 3.05) is 0 Å². The summed E-state index contributed by atoms with van der Waals surface area (Å²) in [6.07, 6.45) is 0.413. The Morgan fingerprint density at radius 3 is 2.55 bits per heavy atom. The summed E-state index contributed by atoms with van der Waals surface area (Å²) in [7, 11) is 0. The predicted octanol–water partition coefficient (Wildman–Crippen LogP) is 4.13. The Morgan fingerprint density at radius 2 is 1.90 bits per heavy atom. The average Bonchev–Trinajstić information content (AvgIpc) is 2.42. The molecule has 2 aromatic rings. The summed E-state index contributed by atoms with van der Waals surface area (Å²) in [5, 5.41) is -0.247. The lowest BCUT2D eigenvalue weighted by atomic mass is 9.99. The molecule has 0 spiro atoms. The Morgan fingerprint density at radius 1 is 1.20 bits per heavy atom. The Balaban J connectivity index is 2.34. The van der Waals surface area contributed by atoms with E-state index in [9.17, 15) is 8.78 Å². The van der Waals surface area contributed by atoms with Gasteiger partial charge < -0.3 is 0 Å². The van der Waals surface area contributed by atoms with E-state index in [0.29, 0.717) is 6.42 Å². The van der Waals surface area contributed by atoms with Crippen molar-refractivity contribution >= 4 is 27.5 Å². The lowest BCUT2D eigenvalue weighted by Crippen LogP contribution is -2.30. The van der Waals surface area contributed by atoms with Crippen LogP contribution in [-0.4, -0.2) is 0 Å². The minimum absolute atomic E-state index is 0.144. The highest BCUT2D eigenvalue weighted by Gasteiger charge is 2.18. The van der Waals surface area contributed by atoms with Crippen molar-refractivity contribution in [2.45, 2.75) is 12.5 Å². The third kappa shape index (κ3) is 3.35. The van der Waals surface area contributed by atoms with Gasteiger partial charge in [-0.15, -0.1) is 0 Å². The van der Waals surface area contributed by atoms with Crippen LogP contribution in [0.25, 0.3) is 0 Å². The standard InChI is InChI=1S/C14H12BrClF2N2/c15-10-4-2-1-3-8(10)5-14(20-19)9-6-13(18)11(16)7-12(9)17/h1-4,6-7,14,20H,5,19H2. The Kier molecular flexibility index (Phi) is 5.10. The first kappa shape index (κ1) is 15.4. The minimum Gasteiger partial charge on any atom is -0.271 e. The van der Waals surface area contributed by atoms with E-state index in [4.69, 9.17) is 17.4 Å². The number of halogens is 4. The van der Waals surface area contributed by atoms with Crippen LogP contribution in [0.1, 0.15) is 17.2 Å². The van der Waals surface area contributed by atoms with Gasteiger partial charge in [0.1, 0.15) is 11.6 Å². The van der Waals surface area contributed by atoms with Crippen LogP contribution in [0.4, 0.5) is 8.78 Å². The number of benzene rings is 2. The van der Waals surface area contributed by atoms with Crippen molar-refractivity contribution < 1.29 is 8.78 Å². The van der Waals surface area contributed by atoms with Crippen LogP contribution in [-0.2, 0) is 6.42 Å². The smallest absolute Gasteiger partial charge is 0.142 e. The van der Waals surface area contributed by atoms with Crippen LogP contribution >= 0.6 is 27.5 Å². The van der Waals surface area contributed by atoms with E-state index in [1.54, 1.807) is 0 Å². The summed E-state index contributed by atoms with van der Waals surface area (Å²) in [6, 6.07) is 8.98. The van der Waals surface area contributed by atoms with Crippen molar-refractivity contribution in [1.82, 2.24) is 5.43 Å². The molecule has 0 aliphatic heterocycles. The van der Waals surface area contributed by atoms with Crippen LogP contribution in [0.3, 0.4) is 0 Å². The van der Waals surface area contributed by atoms with Gasteiger partial charge in [-0.05, 0) is 30.2 Å². The van der Waals surface area contributed by atoms with Gasteiger partial charge in [0.15, 0.2) is 0 Å². The molecule has 2 nitrogen and oxygen atoms in total. The fourth-order valence-corrected chi connectivity index (χ4v) is 2.54. The van der Waals surface area contributed by atoms with Crippen molar-refractivity contribution in [1.29, 1.82) is 0 Å². The van der Waals surface area contributed by atoms with Crippen molar-refractivity contribution in [3.8, 4) is 0 Å². The second-order valence-electron chi connectivity index (χ2n) is 4.30. The molecule has 1 unspecified atom stereocenters. The second kappa shape index (κ2) is 6.63. The summed E-state index contributed by atoms with van der Waals surface area (Å²) in [4.78, 5) is 0. The molecule has 0 aliphatic carbocycles. The highest BCUT2D eigenvalue weighted by molar-refractivity contribution is 9.10. The van der Waals surface area contributed by atoms with Gasteiger partial charge in [-0.3, -0.25) is 11.3 Å². The van der Waals surface area contributed by atoms with Gasteiger partial charge in [-0.1, -0.05) is 45.7 Å². The quantitative estimate of drug-likeness (QED) is 0.488. The first-order valence-corrected chi connectivity index (χ1v) is 7.04. The lowest BCUT2D eigenvalue weighted by molar-refractivity contribution is 0.502. The molecule has 0 bridgehead atoms. The van der Waals surface area contributed by atoms with E-state index < -0.39 is 17.7 Å². The molecule has 106 valence electrons. The van der Waals surface area contributed by atoms with Gasteiger partial charge in [0.05, 0.1) is 11.1 Å². The normalized spacial score (nSPS) is 12.4. The van der Waals surface area contributed by atoms with Gasteiger partial charge in [-0.2, -0.15) is 0 Å². The predicted molar refractivity (Wildman–Crippen MR) is 79.3 cm³/mol. The zero-order valence-corrected chi connectivity index (χ0v) is 12.7. The van der Waals surface area contributed by atoms with E-state index in [1.165, 1.54) is 0 Å². The molecule has 0 saturated carbocycles. The van der Waals surface area contributed by atoms with Gasteiger partial charge in [0, 0.05) is 10.0 Å². The van der Waals surface area contributed by atoms with Crippen molar-refractivity contribution in [3.63, 3.8) is 0 Å². The number of hydrogen-bond donors (Lipinski definition) is 2. The van der Waals surface area contributed by atoms with E-state index in [2.05, 4.69) is 21.4 Å². The number of nitrogens with one attached hydrogen (secondary N) is 1. The fourth-order valence-electron chi connectivity index (χ4n) is 1.95. The van der Waals surface area contributed by atoms with Gasteiger partial charge >= 0.3 is 0 Å². The zero-order chi connectivity index (χ0) is 14.7. The van der Waals surface area contributed by atoms with Crippen LogP contribution in [0.5, 0.6) is 0 Å². The third-order valence-corrected chi connectivity index (χ3v) is 4.06. The summed E-state index contributed by atoms with van der Waals surface area (Å²) < 4.78 is 28.3. The fraction of sp³-hybridized carbons (Fsp3) is 0.143. The third-order valence-electron chi connectivity index (χ3n) is 3.00. The molecule has 0 amide bonds. The first-order chi connectivity index (χ1) is 9.52. The van der Waals surface area contributed by atoms with Gasteiger partial charge in [-0.25, -0.2) is 8.78 Å². The molecular formula is C14H12BrClF2N2. The number of rotatable bonds is 4. The zero-order valence-electron chi connectivity index (χ0n) is 10.3. The molecule has 2 rings (SSSR count). The summed E-state index contributed by atoms with van der Waals surface area (Å²) in [5.41, 5.74) is 3.59. The SMILES string of the molecule is NNC(Cc1ccccc1Br)c1cc(F)c(Cl)cc1F. The lowest BCUT2D eigenvalue weighted by Gasteiger charge is -2.18. The average molecular weight is 362 g/mol. The molecule has 2 aromatic carbocycles. The van der Waals surface area contributed by atoms with Crippen molar-refractivity contribution in [3.05, 3.63) is 68.7 Å². The number of hydrazine groups is 1. The minimum atomic E-state index is -0.671. The van der Waals surface area contributed by atoms with E-state index in [0.717, 1.165) is 22.2 Å². The van der Waals surface area contributed by atoms with Crippen LogP contribution in [0.15, 0.2) is 40.9 Å². The van der Waals surface area contributed by atoms with Gasteiger partial charge in [0.2, 0.25) is 0 Å². The topological polar surface area (TPSA) is 38.0 Å². The molecule has 6 heteroatoms. The van der Waals surface area contributed by atoms with Crippen LogP contribution in [0, 0.1) is 11.6 Å². The maximum Gasteiger partial charge on any atom is 0.142 e. The van der Waals surface area contributed by atoms with E-state index in [1.807, 2.05) is 24.3 Å². The Hall–Kier alpha value is -1.01. The summed E-state index contributed by atoms with van der Waals surface area (Å²) >= 11 is 8.96. The maximum absolute atomic E-state index is 13.9. The highest BCUT2D eigenvalue weighted by Crippen LogP contribution is 2.28. The van der Waals surface area contributed by atoms with Crippen molar-refractivity contribution in [2.24, 2.45) is 5.84 Å². The second-order valence-corrected chi connectivity index (χ2v) is 5.56. The maximum atomic E-state index is 13.9. The summed E-state index contributed by atoms with van der Waals surface area (Å²) in [6.45, 7) is 0. The first-order valence-electron chi connectivity index (χ1n) is 5.87. The molecule has 0 heterocycles. The molecule has 0 saturated heterocycles. The van der Waals surface area contributed by atoms with Crippen LogP contribution in [0.2, 0.25) is 5.02 Å². The molecule has 0 aromatic heterocycles. The number of hydrogen-bond acceptors (Lipinski definition) is 2. The summed E-state index contributed by atoms with van der Waals surface area (Å²) in [5.74, 6) is 4.21. The molecular weight excluding hydrogens is 350 g/mol. The van der Waals surface area contributed by atoms with E-state index >= 15 is 0 Å². The number of nitrogens with two attached hydrogens (primary N) is 1. The molecule has 0 aliphatic rings. The molecule has 0 fully saturated rings.